The molecule has 0 spiro atoms. The molecule has 22 heavy (non-hydrogen) atoms. The van der Waals surface area contributed by atoms with Crippen LogP contribution in [0.5, 0.6) is 5.75 Å². The van der Waals surface area contributed by atoms with Gasteiger partial charge in [-0.3, -0.25) is 9.48 Å². The van der Waals surface area contributed by atoms with E-state index in [1.54, 1.807) is 43.0 Å². The van der Waals surface area contributed by atoms with Crippen molar-refractivity contribution in [2.45, 2.75) is 19.9 Å². The molecular formula is C15H17Cl2N3O2. The number of ether oxygens (including phenoxy) is 1. The molecule has 0 fully saturated rings. The highest BCUT2D eigenvalue weighted by Gasteiger charge is 2.11. The fraction of sp³-hybridized carbons (Fsp3) is 0.333. The predicted octanol–water partition coefficient (Wildman–Crippen LogP) is 3.33. The lowest BCUT2D eigenvalue weighted by Gasteiger charge is -2.07. The Morgan fingerprint density at radius 1 is 1.41 bits per heavy atom. The summed E-state index contributed by atoms with van der Waals surface area (Å²) in [6.07, 6.45) is 0.701. The van der Waals surface area contributed by atoms with E-state index in [0.717, 1.165) is 0 Å². The van der Waals surface area contributed by atoms with Crippen LogP contribution in [0.25, 0.3) is 0 Å². The highest BCUT2D eigenvalue weighted by molar-refractivity contribution is 6.41. The van der Waals surface area contributed by atoms with Gasteiger partial charge in [0.1, 0.15) is 15.9 Å². The number of nitrogens with one attached hydrogen (secondary N) is 1. The molecule has 0 saturated heterocycles. The van der Waals surface area contributed by atoms with Gasteiger partial charge < -0.3 is 10.1 Å². The van der Waals surface area contributed by atoms with Gasteiger partial charge in [0.2, 0.25) is 0 Å². The Morgan fingerprint density at radius 3 is 2.82 bits per heavy atom. The van der Waals surface area contributed by atoms with Crippen molar-refractivity contribution in [1.29, 1.82) is 0 Å². The highest BCUT2D eigenvalue weighted by Crippen LogP contribution is 2.24. The van der Waals surface area contributed by atoms with Crippen LogP contribution in [-0.2, 0) is 6.54 Å². The fourth-order valence-electron chi connectivity index (χ4n) is 1.98. The van der Waals surface area contributed by atoms with E-state index in [1.807, 2.05) is 0 Å². The molecule has 0 atom stereocenters. The molecule has 0 radical (unpaired) electrons. The van der Waals surface area contributed by atoms with E-state index < -0.39 is 0 Å². The van der Waals surface area contributed by atoms with Gasteiger partial charge in [0.05, 0.1) is 12.8 Å². The van der Waals surface area contributed by atoms with Gasteiger partial charge in [-0.1, -0.05) is 29.3 Å². The number of benzene rings is 1. The summed E-state index contributed by atoms with van der Waals surface area (Å²) < 4.78 is 6.73. The summed E-state index contributed by atoms with van der Waals surface area (Å²) >= 11 is 12.0. The monoisotopic (exact) mass is 341 g/mol. The van der Waals surface area contributed by atoms with Crippen molar-refractivity contribution in [2.24, 2.45) is 0 Å². The van der Waals surface area contributed by atoms with Crippen LogP contribution in [0, 0.1) is 6.92 Å². The zero-order valence-electron chi connectivity index (χ0n) is 12.4. The number of aromatic nitrogens is 2. The zero-order valence-corrected chi connectivity index (χ0v) is 13.9. The number of halogens is 2. The number of nitrogens with zero attached hydrogens (tertiary/aromatic N) is 2. The topological polar surface area (TPSA) is 56.1 Å². The normalized spacial score (nSPS) is 10.5. The van der Waals surface area contributed by atoms with Crippen LogP contribution in [0.1, 0.15) is 22.5 Å². The average molecular weight is 342 g/mol. The molecule has 2 rings (SSSR count). The minimum absolute atomic E-state index is 0.139. The molecule has 1 aromatic heterocycles. The van der Waals surface area contributed by atoms with E-state index in [4.69, 9.17) is 27.9 Å². The second-order valence-electron chi connectivity index (χ2n) is 4.75. The van der Waals surface area contributed by atoms with E-state index in [0.29, 0.717) is 46.7 Å². The van der Waals surface area contributed by atoms with Crippen molar-refractivity contribution in [3.8, 4) is 5.75 Å². The lowest BCUT2D eigenvalue weighted by atomic mass is 10.2. The summed E-state index contributed by atoms with van der Waals surface area (Å²) in [6.45, 7) is 2.91. The van der Waals surface area contributed by atoms with Gasteiger partial charge in [0.25, 0.3) is 5.91 Å². The van der Waals surface area contributed by atoms with Crippen LogP contribution in [0.2, 0.25) is 10.2 Å². The minimum atomic E-state index is -0.139. The number of hydrogen-bond donors (Lipinski definition) is 1. The lowest BCUT2D eigenvalue weighted by molar-refractivity contribution is 0.0952. The van der Waals surface area contributed by atoms with Crippen LogP contribution in [-0.4, -0.2) is 29.3 Å². The maximum atomic E-state index is 12.0. The van der Waals surface area contributed by atoms with E-state index in [9.17, 15) is 4.79 Å². The molecule has 0 bridgehead atoms. The Bertz CT molecular complexity index is 671. The summed E-state index contributed by atoms with van der Waals surface area (Å²) in [5.41, 5.74) is 1.27. The fourth-order valence-corrected chi connectivity index (χ4v) is 2.37. The molecule has 0 aliphatic rings. The summed E-state index contributed by atoms with van der Waals surface area (Å²) in [7, 11) is 1.57. The van der Waals surface area contributed by atoms with Crippen molar-refractivity contribution < 1.29 is 9.53 Å². The van der Waals surface area contributed by atoms with Gasteiger partial charge >= 0.3 is 0 Å². The smallest absolute Gasteiger partial charge is 0.251 e. The molecule has 1 aromatic carbocycles. The molecule has 118 valence electrons. The first-order valence-corrected chi connectivity index (χ1v) is 7.59. The number of hydrogen-bond acceptors (Lipinski definition) is 3. The first-order chi connectivity index (χ1) is 10.5. The molecule has 0 saturated carbocycles. The SMILES string of the molecule is COc1cccc(C(=O)NCCCn2nc(C)c(Cl)c2Cl)c1. The third-order valence-electron chi connectivity index (χ3n) is 3.16. The number of methoxy groups -OCH3 is 1. The molecule has 1 heterocycles. The van der Waals surface area contributed by atoms with Crippen molar-refractivity contribution in [1.82, 2.24) is 15.1 Å². The second-order valence-corrected chi connectivity index (χ2v) is 5.49. The van der Waals surface area contributed by atoms with Gasteiger partial charge in [-0.05, 0) is 31.5 Å². The van der Waals surface area contributed by atoms with Gasteiger partial charge in [-0.15, -0.1) is 0 Å². The number of amides is 1. The van der Waals surface area contributed by atoms with Gasteiger partial charge in [-0.25, -0.2) is 0 Å². The predicted molar refractivity (Wildman–Crippen MR) is 86.9 cm³/mol. The number of rotatable bonds is 6. The van der Waals surface area contributed by atoms with Crippen molar-refractivity contribution in [3.63, 3.8) is 0 Å². The highest BCUT2D eigenvalue weighted by atomic mass is 35.5. The summed E-state index contributed by atoms with van der Waals surface area (Å²) in [6, 6.07) is 7.01. The molecule has 0 unspecified atom stereocenters. The number of aryl methyl sites for hydroxylation is 2. The average Bonchev–Trinajstić information content (AvgIpc) is 2.78. The summed E-state index contributed by atoms with van der Waals surface area (Å²) in [4.78, 5) is 12.0. The quantitative estimate of drug-likeness (QED) is 0.820. The van der Waals surface area contributed by atoms with Crippen LogP contribution in [0.3, 0.4) is 0 Å². The van der Waals surface area contributed by atoms with Gasteiger partial charge in [0.15, 0.2) is 0 Å². The lowest BCUT2D eigenvalue weighted by Crippen LogP contribution is -2.25. The van der Waals surface area contributed by atoms with E-state index in [1.165, 1.54) is 0 Å². The summed E-state index contributed by atoms with van der Waals surface area (Å²) in [5.74, 6) is 0.515. The zero-order chi connectivity index (χ0) is 16.1. The number of carbonyl (C=O) groups is 1. The maximum Gasteiger partial charge on any atom is 0.251 e. The Kier molecular flexibility index (Phi) is 5.69. The first kappa shape index (κ1) is 16.6. The largest absolute Gasteiger partial charge is 0.497 e. The Morgan fingerprint density at radius 2 is 2.18 bits per heavy atom. The molecule has 1 amide bonds. The van der Waals surface area contributed by atoms with Crippen molar-refractivity contribution >= 4 is 29.1 Å². The third kappa shape index (κ3) is 3.93. The molecule has 2 aromatic rings. The van der Waals surface area contributed by atoms with Crippen LogP contribution >= 0.6 is 23.2 Å². The van der Waals surface area contributed by atoms with Gasteiger partial charge in [0, 0.05) is 18.7 Å². The van der Waals surface area contributed by atoms with Crippen molar-refractivity contribution in [2.75, 3.05) is 13.7 Å². The Labute approximate surface area is 139 Å². The Hall–Kier alpha value is -1.72. The molecule has 1 N–H and O–H groups in total. The molecule has 0 aliphatic carbocycles. The molecular weight excluding hydrogens is 325 g/mol. The molecule has 5 nitrogen and oxygen atoms in total. The van der Waals surface area contributed by atoms with Gasteiger partial charge in [-0.2, -0.15) is 5.10 Å². The first-order valence-electron chi connectivity index (χ1n) is 6.83. The van der Waals surface area contributed by atoms with Crippen molar-refractivity contribution in [3.05, 3.63) is 45.7 Å². The van der Waals surface area contributed by atoms with E-state index in [2.05, 4.69) is 10.4 Å². The molecule has 7 heteroatoms. The van der Waals surface area contributed by atoms with Crippen LogP contribution in [0.15, 0.2) is 24.3 Å². The minimum Gasteiger partial charge on any atom is -0.497 e. The Balaban J connectivity index is 1.83. The second kappa shape index (κ2) is 7.51. The third-order valence-corrected chi connectivity index (χ3v) is 4.09. The van der Waals surface area contributed by atoms with E-state index >= 15 is 0 Å². The van der Waals surface area contributed by atoms with Crippen LogP contribution < -0.4 is 10.1 Å². The number of carbonyl (C=O) groups excluding carboxylic acids is 1. The summed E-state index contributed by atoms with van der Waals surface area (Å²) in [5, 5.41) is 7.98. The van der Waals surface area contributed by atoms with E-state index in [-0.39, 0.29) is 5.91 Å². The van der Waals surface area contributed by atoms with Crippen LogP contribution in [0.4, 0.5) is 0 Å². The standard InChI is InChI=1S/C15H17Cl2N3O2/c1-10-13(16)14(17)20(19-10)8-4-7-18-15(21)11-5-3-6-12(9-11)22-2/h3,5-6,9H,4,7-8H2,1-2H3,(H,18,21). The molecule has 0 aliphatic heterocycles. The maximum absolute atomic E-state index is 12.0.